The van der Waals surface area contributed by atoms with Crippen LogP contribution in [-0.2, 0) is 4.79 Å². The Kier molecular flexibility index (Phi) is 10.0. The van der Waals surface area contributed by atoms with Crippen molar-refractivity contribution >= 4 is 74.4 Å². The Morgan fingerprint density at radius 2 is 1.40 bits per heavy atom. The highest BCUT2D eigenvalue weighted by Crippen LogP contribution is 2.23. The third kappa shape index (κ3) is 7.61. The first-order valence-corrected chi connectivity index (χ1v) is 14.5. The molecule has 20 heteroatoms. The number of imidazole rings is 1. The van der Waals surface area contributed by atoms with Crippen molar-refractivity contribution in [1.82, 2.24) is 40.7 Å². The van der Waals surface area contributed by atoms with Gasteiger partial charge in [-0.25, -0.2) is 4.98 Å². The zero-order valence-corrected chi connectivity index (χ0v) is 27.1. The summed E-state index contributed by atoms with van der Waals surface area (Å²) in [6.45, 7) is 10.1. The number of aryl methyl sites for hydroxylation is 1. The van der Waals surface area contributed by atoms with Gasteiger partial charge in [0.1, 0.15) is 17.1 Å². The standard InChI is InChI=1S/C27H31BrN14O5/c1-9-14(34-27(47)22-33-13(5)21(35-22)38-23(43)12(4)28)8-32-16(9)25(45)36-20-11(3)18(40-42-20)26(46)37-19-10(2)17(39-41-19)24(44)31-7-6-15(29)30/h8,32H,4,6-7H2,1-3,5H3,(H3,29,30)(H,31,44)(H,33,35)(H,34,47)(H,38,43)(H2,36,40,42,45)(H2,37,39,41,46). The van der Waals surface area contributed by atoms with E-state index in [1.165, 1.54) is 6.20 Å². The number of nitrogens with one attached hydrogen (secondary N) is 10. The first kappa shape index (κ1) is 33.8. The fourth-order valence-electron chi connectivity index (χ4n) is 4.13. The summed E-state index contributed by atoms with van der Waals surface area (Å²) in [5.41, 5.74) is 7.44. The fraction of sp³-hybridized carbons (Fsp3) is 0.222. The Morgan fingerprint density at radius 1 is 0.830 bits per heavy atom. The molecule has 4 aromatic heterocycles. The molecule has 5 amide bonds. The van der Waals surface area contributed by atoms with E-state index in [-0.39, 0.29) is 63.6 Å². The molecule has 0 aromatic carbocycles. The first-order valence-electron chi connectivity index (χ1n) is 13.7. The Balaban J connectivity index is 1.39. The van der Waals surface area contributed by atoms with Crippen molar-refractivity contribution in [3.05, 3.63) is 62.5 Å². The molecule has 4 rings (SSSR count). The van der Waals surface area contributed by atoms with Crippen LogP contribution in [0, 0.1) is 33.1 Å². The molecule has 0 spiro atoms. The van der Waals surface area contributed by atoms with Crippen LogP contribution in [0.3, 0.4) is 0 Å². The third-order valence-corrected chi connectivity index (χ3v) is 7.17. The lowest BCUT2D eigenvalue weighted by atomic mass is 10.2. The maximum Gasteiger partial charge on any atom is 0.291 e. The number of nitrogens with two attached hydrogens (primary N) is 1. The fourth-order valence-corrected chi connectivity index (χ4v) is 4.23. The van der Waals surface area contributed by atoms with Gasteiger partial charge < -0.3 is 42.3 Å². The number of nitrogens with zero attached hydrogens (tertiary/aromatic N) is 3. The largest absolute Gasteiger partial charge is 0.388 e. The normalized spacial score (nSPS) is 10.7. The summed E-state index contributed by atoms with van der Waals surface area (Å²) in [7, 11) is 0. The van der Waals surface area contributed by atoms with Crippen molar-refractivity contribution in [2.75, 3.05) is 27.8 Å². The topological polar surface area (TPSA) is 297 Å². The molecule has 0 radical (unpaired) electrons. The number of anilines is 4. The second kappa shape index (κ2) is 13.9. The van der Waals surface area contributed by atoms with Crippen molar-refractivity contribution in [3.63, 3.8) is 0 Å². The number of carbonyl (C=O) groups excluding carboxylic acids is 5. The molecule has 0 saturated carbocycles. The quantitative estimate of drug-likeness (QED) is 0.0582. The van der Waals surface area contributed by atoms with E-state index in [4.69, 9.17) is 11.1 Å². The number of amidine groups is 1. The molecule has 4 heterocycles. The Labute approximate surface area is 274 Å². The minimum absolute atomic E-state index is 0.0380. The van der Waals surface area contributed by atoms with Gasteiger partial charge in [-0.1, -0.05) is 6.58 Å². The smallest absolute Gasteiger partial charge is 0.291 e. The van der Waals surface area contributed by atoms with Crippen LogP contribution in [0.1, 0.15) is 70.9 Å². The molecule has 4 aromatic rings. The summed E-state index contributed by atoms with van der Waals surface area (Å²) >= 11 is 2.98. The van der Waals surface area contributed by atoms with Crippen LogP contribution < -0.4 is 32.3 Å². The van der Waals surface area contributed by atoms with Crippen molar-refractivity contribution in [3.8, 4) is 0 Å². The zero-order valence-electron chi connectivity index (χ0n) is 25.5. The monoisotopic (exact) mass is 710 g/mol. The highest BCUT2D eigenvalue weighted by atomic mass is 79.9. The number of amides is 5. The molecule has 246 valence electrons. The van der Waals surface area contributed by atoms with Gasteiger partial charge in [-0.05, 0) is 43.6 Å². The van der Waals surface area contributed by atoms with Crippen molar-refractivity contribution in [2.24, 2.45) is 5.73 Å². The minimum atomic E-state index is -0.622. The molecule has 0 aliphatic heterocycles. The second-order valence-corrected chi connectivity index (χ2v) is 11.1. The van der Waals surface area contributed by atoms with Crippen LogP contribution in [0.2, 0.25) is 0 Å². The predicted octanol–water partition coefficient (Wildman–Crippen LogP) is 2.08. The van der Waals surface area contributed by atoms with Gasteiger partial charge >= 0.3 is 0 Å². The average Bonchev–Trinajstić information content (AvgIpc) is 3.76. The van der Waals surface area contributed by atoms with E-state index >= 15 is 0 Å². The first-order chi connectivity index (χ1) is 22.2. The number of aromatic amines is 4. The van der Waals surface area contributed by atoms with Gasteiger partial charge in [0.15, 0.2) is 23.3 Å². The molecule has 0 atom stereocenters. The number of carbonyl (C=O) groups is 5. The van der Waals surface area contributed by atoms with Crippen molar-refractivity contribution in [1.29, 1.82) is 5.41 Å². The van der Waals surface area contributed by atoms with Crippen LogP contribution >= 0.6 is 15.9 Å². The minimum Gasteiger partial charge on any atom is -0.388 e. The molecular weight excluding hydrogens is 680 g/mol. The van der Waals surface area contributed by atoms with E-state index in [1.54, 1.807) is 27.7 Å². The molecule has 0 aliphatic rings. The summed E-state index contributed by atoms with van der Waals surface area (Å²) in [4.78, 5) is 72.9. The van der Waals surface area contributed by atoms with Gasteiger partial charge in [0.2, 0.25) is 0 Å². The van der Waals surface area contributed by atoms with Gasteiger partial charge in [-0.15, -0.1) is 0 Å². The van der Waals surface area contributed by atoms with E-state index in [0.717, 1.165) is 0 Å². The summed E-state index contributed by atoms with van der Waals surface area (Å²) in [5, 5.41) is 33.4. The molecule has 12 N–H and O–H groups in total. The molecule has 0 aliphatic carbocycles. The summed E-state index contributed by atoms with van der Waals surface area (Å²) in [5.74, 6) is -2.62. The van der Waals surface area contributed by atoms with Gasteiger partial charge in [0.05, 0.1) is 21.7 Å². The van der Waals surface area contributed by atoms with Gasteiger partial charge in [0.25, 0.3) is 29.5 Å². The Hall–Kier alpha value is -6.05. The van der Waals surface area contributed by atoms with Crippen LogP contribution in [0.15, 0.2) is 17.3 Å². The van der Waals surface area contributed by atoms with Crippen LogP contribution in [-0.4, -0.2) is 77.3 Å². The van der Waals surface area contributed by atoms with E-state index < -0.39 is 29.5 Å². The molecule has 0 unspecified atom stereocenters. The lowest BCUT2D eigenvalue weighted by Crippen LogP contribution is -2.28. The number of hydrogen-bond donors (Lipinski definition) is 11. The van der Waals surface area contributed by atoms with Crippen molar-refractivity contribution in [2.45, 2.75) is 34.1 Å². The number of halogens is 1. The molecule has 0 bridgehead atoms. The summed E-state index contributed by atoms with van der Waals surface area (Å²) in [6.07, 6.45) is 1.61. The van der Waals surface area contributed by atoms with Gasteiger partial charge in [-0.3, -0.25) is 39.6 Å². The Bertz CT molecular complexity index is 1930. The lowest BCUT2D eigenvalue weighted by molar-refractivity contribution is -0.112. The number of H-pyrrole nitrogens is 4. The molecule has 0 saturated heterocycles. The highest BCUT2D eigenvalue weighted by Gasteiger charge is 2.24. The van der Waals surface area contributed by atoms with Crippen LogP contribution in [0.25, 0.3) is 0 Å². The molecular formula is C27H31BrN14O5. The van der Waals surface area contributed by atoms with Gasteiger partial charge in [-0.2, -0.15) is 10.2 Å². The molecule has 47 heavy (non-hydrogen) atoms. The predicted molar refractivity (Wildman–Crippen MR) is 175 cm³/mol. The molecule has 19 nitrogen and oxygen atoms in total. The maximum atomic E-state index is 13.1. The zero-order chi connectivity index (χ0) is 34.6. The number of rotatable bonds is 12. The van der Waals surface area contributed by atoms with E-state index in [0.29, 0.717) is 28.1 Å². The SMILES string of the molecule is C=C(Br)C(=O)Nc1nc(C(=O)Nc2c[nH]c(C(=O)Nc3n[nH]c(C(=O)Nc4n[nH]c(C(=O)NCCC(=N)N)c4C)c3C)c2C)[nH]c1C. The number of hydrogen-bond acceptors (Lipinski definition) is 9. The van der Waals surface area contributed by atoms with Crippen molar-refractivity contribution < 1.29 is 24.0 Å². The second-order valence-electron chi connectivity index (χ2n) is 10.2. The lowest BCUT2D eigenvalue weighted by Gasteiger charge is -2.06. The van der Waals surface area contributed by atoms with E-state index in [2.05, 4.69) is 84.4 Å². The highest BCUT2D eigenvalue weighted by molar-refractivity contribution is 9.12. The van der Waals surface area contributed by atoms with Crippen LogP contribution in [0.5, 0.6) is 0 Å². The summed E-state index contributed by atoms with van der Waals surface area (Å²) < 4.78 is 0.0914. The third-order valence-electron chi connectivity index (χ3n) is 6.81. The summed E-state index contributed by atoms with van der Waals surface area (Å²) in [6, 6.07) is 0. The molecule has 0 fully saturated rings. The van der Waals surface area contributed by atoms with Crippen LogP contribution in [0.4, 0.5) is 23.1 Å². The van der Waals surface area contributed by atoms with Gasteiger partial charge in [0, 0.05) is 35.9 Å². The average molecular weight is 712 g/mol. The van der Waals surface area contributed by atoms with E-state index in [9.17, 15) is 24.0 Å². The Morgan fingerprint density at radius 3 is 1.98 bits per heavy atom. The number of aromatic nitrogens is 7. The van der Waals surface area contributed by atoms with E-state index in [1.807, 2.05) is 0 Å². The maximum absolute atomic E-state index is 13.1.